The quantitative estimate of drug-likeness (QED) is 0.556. The average molecular weight is 282 g/mol. The molecule has 2 aromatic heterocycles. The number of thiophene rings is 2. The second kappa shape index (κ2) is 5.55. The molecule has 2 heteroatoms. The first-order valence-electron chi connectivity index (χ1n) is 6.20. The summed E-state index contributed by atoms with van der Waals surface area (Å²) in [5, 5.41) is 2.12. The molecule has 19 heavy (non-hydrogen) atoms. The summed E-state index contributed by atoms with van der Waals surface area (Å²) in [4.78, 5) is 3.99. The van der Waals surface area contributed by atoms with Crippen molar-refractivity contribution in [3.05, 3.63) is 69.9 Å². The van der Waals surface area contributed by atoms with Gasteiger partial charge in [-0.2, -0.15) is 0 Å². The fraction of sp³-hybridized carbons (Fsp3) is 0.0588. The van der Waals surface area contributed by atoms with Crippen molar-refractivity contribution in [2.24, 2.45) is 0 Å². The zero-order valence-corrected chi connectivity index (χ0v) is 12.3. The van der Waals surface area contributed by atoms with Crippen LogP contribution in [0.5, 0.6) is 0 Å². The highest BCUT2D eigenvalue weighted by molar-refractivity contribution is 7.21. The number of benzene rings is 1. The maximum absolute atomic E-state index is 2.20. The predicted octanol–water partition coefficient (Wildman–Crippen LogP) is 5.96. The molecule has 1 aromatic carbocycles. The molecule has 0 unspecified atom stereocenters. The van der Waals surface area contributed by atoms with Crippen LogP contribution in [0.1, 0.15) is 16.0 Å². The third kappa shape index (κ3) is 3.03. The summed E-state index contributed by atoms with van der Waals surface area (Å²) in [6.45, 7) is 2.11. The summed E-state index contributed by atoms with van der Waals surface area (Å²) in [7, 11) is 0. The zero-order chi connectivity index (χ0) is 13.1. The van der Waals surface area contributed by atoms with E-state index in [9.17, 15) is 0 Å². The number of hydrogen-bond acceptors (Lipinski definition) is 2. The van der Waals surface area contributed by atoms with Gasteiger partial charge in [-0.25, -0.2) is 0 Å². The minimum atomic E-state index is 1.25. The maximum Gasteiger partial charge on any atom is 0.0448 e. The normalized spacial score (nSPS) is 11.2. The molecule has 2 heterocycles. The van der Waals surface area contributed by atoms with Crippen molar-refractivity contribution in [1.82, 2.24) is 0 Å². The second-order valence-electron chi connectivity index (χ2n) is 4.42. The van der Waals surface area contributed by atoms with Gasteiger partial charge < -0.3 is 0 Å². The van der Waals surface area contributed by atoms with Crippen LogP contribution in [0.2, 0.25) is 0 Å². The van der Waals surface area contributed by atoms with Gasteiger partial charge in [0.2, 0.25) is 0 Å². The molecule has 3 aromatic rings. The van der Waals surface area contributed by atoms with Crippen molar-refractivity contribution in [2.45, 2.75) is 6.92 Å². The summed E-state index contributed by atoms with van der Waals surface area (Å²) in [6.07, 6.45) is 4.36. The Morgan fingerprint density at radius 3 is 2.42 bits per heavy atom. The fourth-order valence-corrected chi connectivity index (χ4v) is 3.59. The van der Waals surface area contributed by atoms with Gasteiger partial charge in [0.25, 0.3) is 0 Å². The van der Waals surface area contributed by atoms with Crippen LogP contribution >= 0.6 is 22.7 Å². The molecule has 0 aliphatic rings. The van der Waals surface area contributed by atoms with E-state index in [1.54, 1.807) is 11.3 Å². The molecule has 0 saturated heterocycles. The first-order chi connectivity index (χ1) is 9.31. The minimum absolute atomic E-state index is 1.25. The van der Waals surface area contributed by atoms with Gasteiger partial charge in [-0.1, -0.05) is 42.0 Å². The molecular formula is C17H14S2. The van der Waals surface area contributed by atoms with Gasteiger partial charge in [0, 0.05) is 14.6 Å². The van der Waals surface area contributed by atoms with Crippen molar-refractivity contribution in [3.63, 3.8) is 0 Å². The summed E-state index contributed by atoms with van der Waals surface area (Å²) < 4.78 is 0. The monoisotopic (exact) mass is 282 g/mol. The molecule has 0 amide bonds. The van der Waals surface area contributed by atoms with Gasteiger partial charge in [0.1, 0.15) is 0 Å². The van der Waals surface area contributed by atoms with Gasteiger partial charge in [0.05, 0.1) is 0 Å². The van der Waals surface area contributed by atoms with Crippen LogP contribution in [0, 0.1) is 6.92 Å². The summed E-state index contributed by atoms with van der Waals surface area (Å²) in [6, 6.07) is 17.2. The van der Waals surface area contributed by atoms with E-state index in [2.05, 4.69) is 73.0 Å². The van der Waals surface area contributed by atoms with E-state index in [1.807, 2.05) is 11.3 Å². The highest BCUT2D eigenvalue weighted by Crippen LogP contribution is 2.32. The predicted molar refractivity (Wildman–Crippen MR) is 87.7 cm³/mol. The Bertz CT molecular complexity index is 670. The number of aryl methyl sites for hydroxylation is 1. The number of hydrogen-bond donors (Lipinski definition) is 0. The molecule has 0 fully saturated rings. The topological polar surface area (TPSA) is 0 Å². The Morgan fingerprint density at radius 1 is 0.842 bits per heavy atom. The smallest absolute Gasteiger partial charge is 0.0448 e. The molecule has 3 rings (SSSR count). The minimum Gasteiger partial charge on any atom is -0.143 e. The van der Waals surface area contributed by atoms with Crippen molar-refractivity contribution < 1.29 is 0 Å². The Balaban J connectivity index is 1.78. The SMILES string of the molecule is Cc1ccc(/C=C/c2ccc(-c3cccs3)s2)cc1. The summed E-state index contributed by atoms with van der Waals surface area (Å²) in [5.41, 5.74) is 2.55. The Morgan fingerprint density at radius 2 is 1.68 bits per heavy atom. The van der Waals surface area contributed by atoms with Crippen LogP contribution in [0.4, 0.5) is 0 Å². The average Bonchev–Trinajstić information content (AvgIpc) is 3.09. The Labute approximate surface area is 121 Å². The largest absolute Gasteiger partial charge is 0.143 e. The van der Waals surface area contributed by atoms with Gasteiger partial charge in [-0.3, -0.25) is 0 Å². The lowest BCUT2D eigenvalue weighted by Gasteiger charge is -1.94. The number of rotatable bonds is 3. The summed E-state index contributed by atoms with van der Waals surface area (Å²) >= 11 is 3.63. The first kappa shape index (κ1) is 12.4. The lowest BCUT2D eigenvalue weighted by molar-refractivity contribution is 1.46. The van der Waals surface area contributed by atoms with Gasteiger partial charge in [0.15, 0.2) is 0 Å². The van der Waals surface area contributed by atoms with Gasteiger partial charge in [-0.15, -0.1) is 22.7 Å². The van der Waals surface area contributed by atoms with E-state index in [1.165, 1.54) is 25.8 Å². The van der Waals surface area contributed by atoms with E-state index in [0.29, 0.717) is 0 Å². The van der Waals surface area contributed by atoms with Crippen LogP contribution in [-0.4, -0.2) is 0 Å². The first-order valence-corrected chi connectivity index (χ1v) is 7.89. The fourth-order valence-electron chi connectivity index (χ4n) is 1.85. The van der Waals surface area contributed by atoms with E-state index in [0.717, 1.165) is 0 Å². The third-order valence-corrected chi connectivity index (χ3v) is 5.02. The Kier molecular flexibility index (Phi) is 3.62. The molecule has 0 aliphatic carbocycles. The van der Waals surface area contributed by atoms with Crippen molar-refractivity contribution in [3.8, 4) is 9.75 Å². The zero-order valence-electron chi connectivity index (χ0n) is 10.7. The van der Waals surface area contributed by atoms with Crippen molar-refractivity contribution >= 4 is 34.8 Å². The second-order valence-corrected chi connectivity index (χ2v) is 6.49. The highest BCUT2D eigenvalue weighted by Gasteiger charge is 2.01. The molecule has 94 valence electrons. The summed E-state index contributed by atoms with van der Waals surface area (Å²) in [5.74, 6) is 0. The van der Waals surface area contributed by atoms with E-state index in [4.69, 9.17) is 0 Å². The maximum atomic E-state index is 2.20. The highest BCUT2D eigenvalue weighted by atomic mass is 32.1. The van der Waals surface area contributed by atoms with Crippen molar-refractivity contribution in [1.29, 1.82) is 0 Å². The molecule has 0 spiro atoms. The molecule has 0 atom stereocenters. The van der Waals surface area contributed by atoms with E-state index in [-0.39, 0.29) is 0 Å². The molecule has 0 N–H and O–H groups in total. The van der Waals surface area contributed by atoms with Gasteiger partial charge >= 0.3 is 0 Å². The van der Waals surface area contributed by atoms with Crippen LogP contribution in [0.25, 0.3) is 21.9 Å². The molecular weight excluding hydrogens is 268 g/mol. The lowest BCUT2D eigenvalue weighted by Crippen LogP contribution is -1.72. The lowest BCUT2D eigenvalue weighted by atomic mass is 10.1. The van der Waals surface area contributed by atoms with Crippen LogP contribution in [-0.2, 0) is 0 Å². The molecule has 0 radical (unpaired) electrons. The molecule has 0 nitrogen and oxygen atoms in total. The van der Waals surface area contributed by atoms with E-state index >= 15 is 0 Å². The third-order valence-electron chi connectivity index (χ3n) is 2.91. The molecule has 0 bridgehead atoms. The van der Waals surface area contributed by atoms with Crippen LogP contribution in [0.15, 0.2) is 53.9 Å². The van der Waals surface area contributed by atoms with Crippen LogP contribution in [0.3, 0.4) is 0 Å². The van der Waals surface area contributed by atoms with Crippen LogP contribution < -0.4 is 0 Å². The van der Waals surface area contributed by atoms with Crippen molar-refractivity contribution in [2.75, 3.05) is 0 Å². The standard InChI is InChI=1S/C17H14S2/c1-13-4-6-14(7-5-13)8-9-15-10-11-17(19-15)16-3-2-12-18-16/h2-12H,1H3/b9-8+. The Hall–Kier alpha value is -1.64. The van der Waals surface area contributed by atoms with Gasteiger partial charge in [-0.05, 0) is 42.1 Å². The van der Waals surface area contributed by atoms with E-state index < -0.39 is 0 Å². The molecule has 0 aliphatic heterocycles. The molecule has 0 saturated carbocycles.